The van der Waals surface area contributed by atoms with Gasteiger partial charge in [-0.15, -0.1) is 5.10 Å². The first kappa shape index (κ1) is 12.6. The van der Waals surface area contributed by atoms with E-state index in [4.69, 9.17) is 4.74 Å². The van der Waals surface area contributed by atoms with E-state index in [2.05, 4.69) is 15.5 Å². The van der Waals surface area contributed by atoms with Crippen LogP contribution in [0.5, 0.6) is 0 Å². The van der Waals surface area contributed by atoms with Gasteiger partial charge in [0.2, 0.25) is 0 Å². The quantitative estimate of drug-likeness (QED) is 0.756. The molecular weight excluding hydrogens is 206 g/mol. The third kappa shape index (κ3) is 3.58. The number of nitrogens with one attached hydrogen (secondary N) is 1. The summed E-state index contributed by atoms with van der Waals surface area (Å²) in [6.07, 6.45) is 0. The first-order chi connectivity index (χ1) is 7.65. The summed E-state index contributed by atoms with van der Waals surface area (Å²) < 4.78 is 4.83. The second-order valence-electron chi connectivity index (χ2n) is 3.75. The van der Waals surface area contributed by atoms with Gasteiger partial charge in [0.25, 0.3) is 5.91 Å². The predicted molar refractivity (Wildman–Crippen MR) is 60.3 cm³/mol. The summed E-state index contributed by atoms with van der Waals surface area (Å²) >= 11 is 0. The van der Waals surface area contributed by atoms with Gasteiger partial charge in [0.1, 0.15) is 0 Å². The summed E-state index contributed by atoms with van der Waals surface area (Å²) in [7, 11) is 1.59. The van der Waals surface area contributed by atoms with Gasteiger partial charge in [0, 0.05) is 13.7 Å². The summed E-state index contributed by atoms with van der Waals surface area (Å²) in [6.45, 7) is 5.02. The van der Waals surface area contributed by atoms with E-state index in [-0.39, 0.29) is 5.91 Å². The molecule has 1 rings (SSSR count). The van der Waals surface area contributed by atoms with Crippen LogP contribution in [-0.4, -0.2) is 36.4 Å². The molecule has 1 amide bonds. The minimum Gasteiger partial charge on any atom is -0.383 e. The van der Waals surface area contributed by atoms with Crippen molar-refractivity contribution in [3.63, 3.8) is 0 Å². The minimum absolute atomic E-state index is 0.222. The molecule has 0 unspecified atom stereocenters. The Hall–Kier alpha value is -1.49. The Labute approximate surface area is 95.2 Å². The Morgan fingerprint density at radius 3 is 2.69 bits per heavy atom. The van der Waals surface area contributed by atoms with E-state index in [0.717, 1.165) is 5.69 Å². The Morgan fingerprint density at radius 2 is 2.19 bits per heavy atom. The van der Waals surface area contributed by atoms with Crippen LogP contribution in [-0.2, 0) is 4.74 Å². The molecular formula is C11H17N3O2. The summed E-state index contributed by atoms with van der Waals surface area (Å²) in [5.41, 5.74) is 1.22. The van der Waals surface area contributed by atoms with Crippen molar-refractivity contribution >= 4 is 5.91 Å². The molecule has 0 fully saturated rings. The van der Waals surface area contributed by atoms with Crippen LogP contribution in [0.1, 0.15) is 35.9 Å². The van der Waals surface area contributed by atoms with Gasteiger partial charge in [0.15, 0.2) is 5.69 Å². The van der Waals surface area contributed by atoms with Crippen LogP contribution in [0.4, 0.5) is 0 Å². The van der Waals surface area contributed by atoms with Gasteiger partial charge in [-0.05, 0) is 18.1 Å². The smallest absolute Gasteiger partial charge is 0.271 e. The lowest BCUT2D eigenvalue weighted by molar-refractivity contribution is 0.0931. The highest BCUT2D eigenvalue weighted by Gasteiger charge is 2.08. The number of rotatable bonds is 5. The lowest BCUT2D eigenvalue weighted by Crippen LogP contribution is -2.28. The van der Waals surface area contributed by atoms with Crippen molar-refractivity contribution in [1.82, 2.24) is 15.5 Å². The fourth-order valence-electron chi connectivity index (χ4n) is 1.13. The van der Waals surface area contributed by atoms with Gasteiger partial charge >= 0.3 is 0 Å². The molecule has 1 aromatic rings. The highest BCUT2D eigenvalue weighted by molar-refractivity contribution is 5.91. The highest BCUT2D eigenvalue weighted by Crippen LogP contribution is 2.09. The van der Waals surface area contributed by atoms with E-state index in [1.807, 2.05) is 19.9 Å². The van der Waals surface area contributed by atoms with E-state index in [1.54, 1.807) is 13.2 Å². The maximum absolute atomic E-state index is 11.5. The number of ether oxygens (including phenoxy) is 1. The topological polar surface area (TPSA) is 64.1 Å². The van der Waals surface area contributed by atoms with Crippen LogP contribution < -0.4 is 5.32 Å². The van der Waals surface area contributed by atoms with E-state index in [1.165, 1.54) is 0 Å². The number of nitrogens with zero attached hydrogens (tertiary/aromatic N) is 2. The third-order valence-corrected chi connectivity index (χ3v) is 2.10. The summed E-state index contributed by atoms with van der Waals surface area (Å²) in [5.74, 6) is 0.0953. The van der Waals surface area contributed by atoms with Gasteiger partial charge in [-0.1, -0.05) is 13.8 Å². The zero-order chi connectivity index (χ0) is 12.0. The molecule has 0 aliphatic heterocycles. The molecule has 1 N–H and O–H groups in total. The molecule has 0 radical (unpaired) electrons. The number of amides is 1. The molecule has 0 bridgehead atoms. The number of aromatic nitrogens is 2. The molecule has 1 aromatic heterocycles. The fourth-order valence-corrected chi connectivity index (χ4v) is 1.13. The SMILES string of the molecule is COCCNC(=O)c1ccc(C(C)C)nn1. The van der Waals surface area contributed by atoms with Gasteiger partial charge < -0.3 is 10.1 Å². The van der Waals surface area contributed by atoms with Crippen LogP contribution in [0.25, 0.3) is 0 Å². The predicted octanol–water partition coefficient (Wildman–Crippen LogP) is 0.976. The van der Waals surface area contributed by atoms with Crippen LogP contribution >= 0.6 is 0 Å². The molecule has 5 heteroatoms. The Bertz CT molecular complexity index is 336. The molecule has 5 nitrogen and oxygen atoms in total. The second-order valence-corrected chi connectivity index (χ2v) is 3.75. The Balaban J connectivity index is 2.56. The van der Waals surface area contributed by atoms with Crippen LogP contribution in [0, 0.1) is 0 Å². The number of hydrogen-bond donors (Lipinski definition) is 1. The van der Waals surface area contributed by atoms with E-state index in [0.29, 0.717) is 24.8 Å². The van der Waals surface area contributed by atoms with Crippen molar-refractivity contribution < 1.29 is 9.53 Å². The maximum Gasteiger partial charge on any atom is 0.271 e. The van der Waals surface area contributed by atoms with E-state index < -0.39 is 0 Å². The van der Waals surface area contributed by atoms with Crippen LogP contribution in [0.3, 0.4) is 0 Å². The van der Waals surface area contributed by atoms with Crippen molar-refractivity contribution in [3.05, 3.63) is 23.5 Å². The van der Waals surface area contributed by atoms with E-state index >= 15 is 0 Å². The summed E-state index contributed by atoms with van der Waals surface area (Å²) in [5, 5.41) is 10.5. The van der Waals surface area contributed by atoms with Crippen molar-refractivity contribution in [2.45, 2.75) is 19.8 Å². The van der Waals surface area contributed by atoms with E-state index in [9.17, 15) is 4.79 Å². The number of methoxy groups -OCH3 is 1. The molecule has 16 heavy (non-hydrogen) atoms. The monoisotopic (exact) mass is 223 g/mol. The summed E-state index contributed by atoms with van der Waals surface area (Å²) in [6, 6.07) is 3.51. The van der Waals surface area contributed by atoms with Gasteiger partial charge in [-0.2, -0.15) is 5.10 Å². The molecule has 88 valence electrons. The standard InChI is InChI=1S/C11H17N3O2/c1-8(2)9-4-5-10(14-13-9)11(15)12-6-7-16-3/h4-5,8H,6-7H2,1-3H3,(H,12,15). The Morgan fingerprint density at radius 1 is 1.44 bits per heavy atom. The van der Waals surface area contributed by atoms with Crippen molar-refractivity contribution in [1.29, 1.82) is 0 Å². The average molecular weight is 223 g/mol. The van der Waals surface area contributed by atoms with Crippen molar-refractivity contribution in [2.75, 3.05) is 20.3 Å². The Kier molecular flexibility index (Phi) is 4.85. The second kappa shape index (κ2) is 6.17. The third-order valence-electron chi connectivity index (χ3n) is 2.10. The lowest BCUT2D eigenvalue weighted by atomic mass is 10.1. The number of carbonyl (C=O) groups is 1. The normalized spacial score (nSPS) is 10.5. The zero-order valence-corrected chi connectivity index (χ0v) is 9.86. The maximum atomic E-state index is 11.5. The number of carbonyl (C=O) groups excluding carboxylic acids is 1. The molecule has 0 atom stereocenters. The first-order valence-electron chi connectivity index (χ1n) is 5.26. The van der Waals surface area contributed by atoms with Crippen LogP contribution in [0.2, 0.25) is 0 Å². The average Bonchev–Trinajstić information content (AvgIpc) is 2.29. The molecule has 0 spiro atoms. The fraction of sp³-hybridized carbons (Fsp3) is 0.545. The van der Waals surface area contributed by atoms with Crippen LogP contribution in [0.15, 0.2) is 12.1 Å². The van der Waals surface area contributed by atoms with Gasteiger partial charge in [-0.25, -0.2) is 0 Å². The molecule has 0 saturated heterocycles. The van der Waals surface area contributed by atoms with Gasteiger partial charge in [-0.3, -0.25) is 4.79 Å². The van der Waals surface area contributed by atoms with Crippen molar-refractivity contribution in [2.24, 2.45) is 0 Å². The molecule has 0 aromatic carbocycles. The van der Waals surface area contributed by atoms with Gasteiger partial charge in [0.05, 0.1) is 12.3 Å². The zero-order valence-electron chi connectivity index (χ0n) is 9.86. The highest BCUT2D eigenvalue weighted by atomic mass is 16.5. The molecule has 1 heterocycles. The molecule has 0 aliphatic carbocycles. The summed E-state index contributed by atoms with van der Waals surface area (Å²) in [4.78, 5) is 11.5. The minimum atomic E-state index is -0.222. The first-order valence-corrected chi connectivity index (χ1v) is 5.26. The lowest BCUT2D eigenvalue weighted by Gasteiger charge is -2.05. The molecule has 0 saturated carbocycles. The molecule has 0 aliphatic rings. The largest absolute Gasteiger partial charge is 0.383 e. The van der Waals surface area contributed by atoms with Crippen molar-refractivity contribution in [3.8, 4) is 0 Å². The number of hydrogen-bond acceptors (Lipinski definition) is 4.